The lowest BCUT2D eigenvalue weighted by Gasteiger charge is -2.22. The predicted molar refractivity (Wildman–Crippen MR) is 102 cm³/mol. The van der Waals surface area contributed by atoms with Crippen LogP contribution in [0.15, 0.2) is 48.5 Å². The Morgan fingerprint density at radius 2 is 1.92 bits per heavy atom. The number of benzene rings is 2. The maximum absolute atomic E-state index is 12.5. The zero-order chi connectivity index (χ0) is 18.7. The van der Waals surface area contributed by atoms with Crippen molar-refractivity contribution in [1.82, 2.24) is 5.32 Å². The van der Waals surface area contributed by atoms with Crippen molar-refractivity contribution in [2.75, 3.05) is 29.6 Å². The fraction of sp³-hybridized carbons (Fsp3) is 0.263. The molecule has 0 saturated heterocycles. The summed E-state index contributed by atoms with van der Waals surface area (Å²) in [5.41, 5.74) is 2.19. The number of urea groups is 1. The number of nitrogens with one attached hydrogen (secondary N) is 3. The first kappa shape index (κ1) is 17.6. The fourth-order valence-corrected chi connectivity index (χ4v) is 2.72. The largest absolute Gasteiger partial charge is 0.486 e. The van der Waals surface area contributed by atoms with Gasteiger partial charge < -0.3 is 25.6 Å². The van der Waals surface area contributed by atoms with Crippen molar-refractivity contribution in [2.24, 2.45) is 0 Å². The molecule has 2 atom stereocenters. The number of hydrogen-bond acceptors (Lipinski definition) is 4. The number of ether oxygens (including phenoxy) is 1. The highest BCUT2D eigenvalue weighted by Gasteiger charge is 2.32. The minimum atomic E-state index is -0.820. The molecule has 1 unspecified atom stereocenters. The smallest absolute Gasteiger partial charge is 0.320 e. The quantitative estimate of drug-likeness (QED) is 0.791. The Bertz CT molecular complexity index is 822. The van der Waals surface area contributed by atoms with Crippen molar-refractivity contribution in [3.63, 3.8) is 0 Å². The van der Waals surface area contributed by atoms with E-state index in [1.54, 1.807) is 25.1 Å². The molecule has 3 amide bonds. The van der Waals surface area contributed by atoms with Crippen LogP contribution in [0.5, 0.6) is 5.75 Å². The molecule has 26 heavy (non-hydrogen) atoms. The van der Waals surface area contributed by atoms with Crippen molar-refractivity contribution >= 4 is 29.0 Å². The Hall–Kier alpha value is -3.22. The van der Waals surface area contributed by atoms with Gasteiger partial charge in [0.15, 0.2) is 0 Å². The monoisotopic (exact) mass is 354 g/mol. The number of carbonyl (C=O) groups excluding carboxylic acids is 2. The zero-order valence-electron chi connectivity index (χ0n) is 14.9. The van der Waals surface area contributed by atoms with Crippen molar-refractivity contribution in [3.8, 4) is 5.75 Å². The topological polar surface area (TPSA) is 82.7 Å². The third-order valence-corrected chi connectivity index (χ3v) is 4.12. The summed E-state index contributed by atoms with van der Waals surface area (Å²) in [6, 6.07) is 13.3. The van der Waals surface area contributed by atoms with E-state index in [1.165, 1.54) is 0 Å². The van der Waals surface area contributed by atoms with E-state index in [2.05, 4.69) is 16.0 Å². The number of anilines is 3. The van der Waals surface area contributed by atoms with E-state index >= 15 is 0 Å². The minimum Gasteiger partial charge on any atom is -0.486 e. The summed E-state index contributed by atoms with van der Waals surface area (Å²) in [6.07, 6.45) is -0.516. The maximum atomic E-state index is 12.5. The molecule has 0 bridgehead atoms. The average Bonchev–Trinajstić information content (AvgIpc) is 2.72. The highest BCUT2D eigenvalue weighted by molar-refractivity contribution is 6.01. The lowest BCUT2D eigenvalue weighted by Crippen LogP contribution is -2.52. The summed E-state index contributed by atoms with van der Waals surface area (Å²) >= 11 is 0. The molecular weight excluding hydrogens is 332 g/mol. The summed E-state index contributed by atoms with van der Waals surface area (Å²) in [6.45, 7) is 1.75. The summed E-state index contributed by atoms with van der Waals surface area (Å²) in [4.78, 5) is 26.8. The van der Waals surface area contributed by atoms with E-state index in [1.807, 2.05) is 49.3 Å². The second-order valence-corrected chi connectivity index (χ2v) is 6.33. The van der Waals surface area contributed by atoms with E-state index < -0.39 is 18.2 Å². The van der Waals surface area contributed by atoms with Gasteiger partial charge in [-0.3, -0.25) is 4.79 Å². The summed E-state index contributed by atoms with van der Waals surface area (Å²) < 4.78 is 5.81. The standard InChI is InChI=1S/C19H22N4O3/c1-12-17(18(24)21-15-9-4-5-10-16(15)26-12)22-19(25)20-13-7-6-8-14(11-13)23(2)3/h4-12,17H,1-3H3,(H,21,24)(H2,20,22,25)/t12?,17-/m1/s1. The van der Waals surface area contributed by atoms with Gasteiger partial charge in [0.2, 0.25) is 0 Å². The Kier molecular flexibility index (Phi) is 4.97. The molecule has 0 radical (unpaired) electrons. The highest BCUT2D eigenvalue weighted by atomic mass is 16.5. The second-order valence-electron chi connectivity index (χ2n) is 6.33. The fourth-order valence-electron chi connectivity index (χ4n) is 2.72. The van der Waals surface area contributed by atoms with Crippen molar-refractivity contribution < 1.29 is 14.3 Å². The number of hydrogen-bond donors (Lipinski definition) is 3. The van der Waals surface area contributed by atoms with Crippen LogP contribution in [-0.4, -0.2) is 38.2 Å². The van der Waals surface area contributed by atoms with Crippen LogP contribution in [0.4, 0.5) is 21.9 Å². The molecule has 3 N–H and O–H groups in total. The number of fused-ring (bicyclic) bond motifs is 1. The summed E-state index contributed by atoms with van der Waals surface area (Å²) in [5.74, 6) is 0.261. The second kappa shape index (κ2) is 7.35. The molecule has 0 aromatic heterocycles. The summed E-state index contributed by atoms with van der Waals surface area (Å²) in [5, 5.41) is 8.23. The highest BCUT2D eigenvalue weighted by Crippen LogP contribution is 2.28. The van der Waals surface area contributed by atoms with E-state index in [0.717, 1.165) is 5.69 Å². The van der Waals surface area contributed by atoms with Gasteiger partial charge in [0.25, 0.3) is 5.91 Å². The van der Waals surface area contributed by atoms with Crippen LogP contribution in [0, 0.1) is 0 Å². The molecule has 1 aliphatic rings. The van der Waals surface area contributed by atoms with Gasteiger partial charge in [0, 0.05) is 25.5 Å². The third-order valence-electron chi connectivity index (χ3n) is 4.12. The Morgan fingerprint density at radius 3 is 2.69 bits per heavy atom. The molecule has 1 heterocycles. The van der Waals surface area contributed by atoms with Gasteiger partial charge in [0.1, 0.15) is 17.9 Å². The number of amides is 3. The van der Waals surface area contributed by atoms with Gasteiger partial charge in [-0.15, -0.1) is 0 Å². The van der Waals surface area contributed by atoms with Gasteiger partial charge in [-0.1, -0.05) is 18.2 Å². The van der Waals surface area contributed by atoms with Crippen molar-refractivity contribution in [1.29, 1.82) is 0 Å². The van der Waals surface area contributed by atoms with Crippen LogP contribution in [0.1, 0.15) is 6.92 Å². The van der Waals surface area contributed by atoms with Gasteiger partial charge >= 0.3 is 6.03 Å². The first-order chi connectivity index (χ1) is 12.4. The number of para-hydroxylation sites is 2. The SMILES string of the molecule is CC1Oc2ccccc2NC(=O)[C@@H]1NC(=O)Nc1cccc(N(C)C)c1. The van der Waals surface area contributed by atoms with E-state index in [9.17, 15) is 9.59 Å². The van der Waals surface area contributed by atoms with Crippen LogP contribution < -0.4 is 25.6 Å². The maximum Gasteiger partial charge on any atom is 0.320 e. The molecule has 3 rings (SSSR count). The van der Waals surface area contributed by atoms with E-state index in [4.69, 9.17) is 4.74 Å². The van der Waals surface area contributed by atoms with Crippen LogP contribution >= 0.6 is 0 Å². The van der Waals surface area contributed by atoms with Gasteiger partial charge in [-0.25, -0.2) is 4.79 Å². The molecular formula is C19H22N4O3. The first-order valence-corrected chi connectivity index (χ1v) is 8.35. The molecule has 7 nitrogen and oxygen atoms in total. The zero-order valence-corrected chi connectivity index (χ0v) is 14.9. The molecule has 0 fully saturated rings. The van der Waals surface area contributed by atoms with Crippen LogP contribution in [0.3, 0.4) is 0 Å². The van der Waals surface area contributed by atoms with Gasteiger partial charge in [-0.05, 0) is 37.3 Å². The van der Waals surface area contributed by atoms with Gasteiger partial charge in [-0.2, -0.15) is 0 Å². The lowest BCUT2D eigenvalue weighted by atomic mass is 10.1. The molecule has 2 aromatic rings. The van der Waals surface area contributed by atoms with Gasteiger partial charge in [0.05, 0.1) is 5.69 Å². The summed E-state index contributed by atoms with van der Waals surface area (Å²) in [7, 11) is 3.84. The Balaban J connectivity index is 1.69. The molecule has 0 spiro atoms. The van der Waals surface area contributed by atoms with Crippen LogP contribution in [0.25, 0.3) is 0 Å². The molecule has 0 aliphatic carbocycles. The third kappa shape index (κ3) is 3.88. The van der Waals surface area contributed by atoms with E-state index in [0.29, 0.717) is 17.1 Å². The number of rotatable bonds is 3. The van der Waals surface area contributed by atoms with Crippen molar-refractivity contribution in [2.45, 2.75) is 19.1 Å². The number of carbonyl (C=O) groups is 2. The molecule has 0 saturated carbocycles. The molecule has 7 heteroatoms. The number of nitrogens with zero attached hydrogens (tertiary/aromatic N) is 1. The molecule has 2 aromatic carbocycles. The first-order valence-electron chi connectivity index (χ1n) is 8.35. The van der Waals surface area contributed by atoms with Crippen LogP contribution in [0.2, 0.25) is 0 Å². The van der Waals surface area contributed by atoms with Crippen LogP contribution in [-0.2, 0) is 4.79 Å². The van der Waals surface area contributed by atoms with Crippen molar-refractivity contribution in [3.05, 3.63) is 48.5 Å². The predicted octanol–water partition coefficient (Wildman–Crippen LogP) is 2.66. The Labute approximate surface area is 152 Å². The average molecular weight is 354 g/mol. The Morgan fingerprint density at radius 1 is 1.15 bits per heavy atom. The molecule has 1 aliphatic heterocycles. The van der Waals surface area contributed by atoms with E-state index in [-0.39, 0.29) is 5.91 Å². The molecule has 136 valence electrons. The normalized spacial score (nSPS) is 18.7. The lowest BCUT2D eigenvalue weighted by molar-refractivity contribution is -0.119. The minimum absolute atomic E-state index is 0.320.